The number of ether oxygens (including phenoxy) is 2. The fourth-order valence-corrected chi connectivity index (χ4v) is 3.47. The van der Waals surface area contributed by atoms with Crippen LogP contribution in [0, 0.1) is 13.8 Å². The molecule has 0 saturated heterocycles. The van der Waals surface area contributed by atoms with Crippen molar-refractivity contribution in [2.24, 2.45) is 4.99 Å². The van der Waals surface area contributed by atoms with Crippen LogP contribution in [0.3, 0.4) is 0 Å². The summed E-state index contributed by atoms with van der Waals surface area (Å²) in [5.74, 6) is 3.16. The SMILES string of the molecule is CCNC(=NCc1cc(Cl)c(OCC)c(OC)c1)NCC(C)(O)c1cc(C)oc1C. The summed E-state index contributed by atoms with van der Waals surface area (Å²) in [7, 11) is 1.58. The molecule has 30 heavy (non-hydrogen) atoms. The second kappa shape index (κ2) is 10.6. The zero-order valence-electron chi connectivity index (χ0n) is 18.6. The maximum Gasteiger partial charge on any atom is 0.191 e. The molecule has 2 rings (SSSR count). The Morgan fingerprint density at radius 2 is 1.97 bits per heavy atom. The number of rotatable bonds is 9. The van der Waals surface area contributed by atoms with Crippen molar-refractivity contribution >= 4 is 17.6 Å². The molecule has 0 spiro atoms. The first-order valence-electron chi connectivity index (χ1n) is 10.0. The van der Waals surface area contributed by atoms with Crippen LogP contribution in [-0.2, 0) is 12.1 Å². The number of guanidine groups is 1. The van der Waals surface area contributed by atoms with Crippen LogP contribution in [0.5, 0.6) is 11.5 Å². The second-order valence-electron chi connectivity index (χ2n) is 7.19. The molecular formula is C22H32ClN3O4. The number of methoxy groups -OCH3 is 1. The van der Waals surface area contributed by atoms with Gasteiger partial charge in [-0.25, -0.2) is 4.99 Å². The van der Waals surface area contributed by atoms with Gasteiger partial charge in [0.2, 0.25) is 0 Å². The highest BCUT2D eigenvalue weighted by Gasteiger charge is 2.27. The normalized spacial score (nSPS) is 13.7. The van der Waals surface area contributed by atoms with Gasteiger partial charge in [-0.2, -0.15) is 0 Å². The summed E-state index contributed by atoms with van der Waals surface area (Å²) in [6.45, 7) is 11.2. The van der Waals surface area contributed by atoms with E-state index in [-0.39, 0.29) is 6.54 Å². The Hall–Kier alpha value is -2.38. The van der Waals surface area contributed by atoms with Crippen molar-refractivity contribution < 1.29 is 19.0 Å². The molecule has 0 aliphatic rings. The molecule has 1 unspecified atom stereocenters. The highest BCUT2D eigenvalue weighted by Crippen LogP contribution is 2.36. The van der Waals surface area contributed by atoms with E-state index in [0.29, 0.717) is 47.9 Å². The first kappa shape index (κ1) is 23.9. The Morgan fingerprint density at radius 3 is 2.53 bits per heavy atom. The zero-order chi connectivity index (χ0) is 22.3. The van der Waals surface area contributed by atoms with Crippen molar-refractivity contribution in [2.75, 3.05) is 26.8 Å². The number of hydrogen-bond donors (Lipinski definition) is 3. The minimum absolute atomic E-state index is 0.270. The number of benzene rings is 1. The first-order chi connectivity index (χ1) is 14.2. The average molecular weight is 438 g/mol. The van der Waals surface area contributed by atoms with E-state index in [0.717, 1.165) is 16.9 Å². The van der Waals surface area contributed by atoms with Crippen molar-refractivity contribution in [2.45, 2.75) is 46.8 Å². The molecule has 0 saturated carbocycles. The lowest BCUT2D eigenvalue weighted by Crippen LogP contribution is -2.44. The highest BCUT2D eigenvalue weighted by atomic mass is 35.5. The molecule has 166 valence electrons. The summed E-state index contributed by atoms with van der Waals surface area (Å²) in [5.41, 5.74) is 0.529. The van der Waals surface area contributed by atoms with Crippen LogP contribution in [0.1, 0.15) is 43.4 Å². The van der Waals surface area contributed by atoms with E-state index in [1.165, 1.54) is 0 Å². The van der Waals surface area contributed by atoms with Crippen LogP contribution in [0.15, 0.2) is 27.6 Å². The lowest BCUT2D eigenvalue weighted by atomic mass is 9.96. The van der Waals surface area contributed by atoms with Crippen LogP contribution in [0.4, 0.5) is 0 Å². The number of aliphatic imine (C=N–C) groups is 1. The third-order valence-corrected chi connectivity index (χ3v) is 4.84. The fourth-order valence-electron chi connectivity index (χ4n) is 3.18. The van der Waals surface area contributed by atoms with Crippen molar-refractivity contribution in [3.63, 3.8) is 0 Å². The summed E-state index contributed by atoms with van der Waals surface area (Å²) in [6.07, 6.45) is 0. The molecule has 0 radical (unpaired) electrons. The van der Waals surface area contributed by atoms with Crippen molar-refractivity contribution in [1.82, 2.24) is 10.6 Å². The van der Waals surface area contributed by atoms with Gasteiger partial charge in [0, 0.05) is 12.1 Å². The Labute approximate surface area is 183 Å². The van der Waals surface area contributed by atoms with Crippen molar-refractivity contribution in [3.05, 3.63) is 45.9 Å². The third-order valence-electron chi connectivity index (χ3n) is 4.56. The average Bonchev–Trinajstić information content (AvgIpc) is 3.04. The monoisotopic (exact) mass is 437 g/mol. The maximum absolute atomic E-state index is 10.9. The third kappa shape index (κ3) is 6.06. The molecule has 0 aliphatic carbocycles. The van der Waals surface area contributed by atoms with Gasteiger partial charge in [-0.3, -0.25) is 0 Å². The summed E-state index contributed by atoms with van der Waals surface area (Å²) >= 11 is 6.35. The molecule has 1 aromatic heterocycles. The molecule has 0 bridgehead atoms. The van der Waals surface area contributed by atoms with Crippen LogP contribution in [-0.4, -0.2) is 37.9 Å². The van der Waals surface area contributed by atoms with E-state index >= 15 is 0 Å². The smallest absolute Gasteiger partial charge is 0.191 e. The van der Waals surface area contributed by atoms with E-state index in [1.54, 1.807) is 14.0 Å². The molecule has 0 aliphatic heterocycles. The van der Waals surface area contributed by atoms with E-state index in [1.807, 2.05) is 45.9 Å². The fraction of sp³-hybridized carbons (Fsp3) is 0.500. The van der Waals surface area contributed by atoms with Crippen LogP contribution >= 0.6 is 11.6 Å². The molecule has 3 N–H and O–H groups in total. The van der Waals surface area contributed by atoms with Gasteiger partial charge in [0.25, 0.3) is 0 Å². The second-order valence-corrected chi connectivity index (χ2v) is 7.60. The van der Waals surface area contributed by atoms with Crippen molar-refractivity contribution in [3.8, 4) is 11.5 Å². The Balaban J connectivity index is 2.14. The standard InChI is InChI=1S/C22H32ClN3O4/c1-7-24-21(26-13-22(5,27)17-9-14(3)30-15(17)4)25-12-16-10-18(23)20(29-8-2)19(11-16)28-6/h9-11,27H,7-8,12-13H2,1-6H3,(H2,24,25,26). The van der Waals surface area contributed by atoms with Gasteiger partial charge in [0.15, 0.2) is 17.5 Å². The van der Waals surface area contributed by atoms with Crippen LogP contribution < -0.4 is 20.1 Å². The van der Waals surface area contributed by atoms with Gasteiger partial charge in [0.05, 0.1) is 31.8 Å². The molecule has 1 atom stereocenters. The van der Waals surface area contributed by atoms with Crippen LogP contribution in [0.25, 0.3) is 0 Å². The van der Waals surface area contributed by atoms with Crippen molar-refractivity contribution in [1.29, 1.82) is 0 Å². The van der Waals surface area contributed by atoms with Crippen LogP contribution in [0.2, 0.25) is 5.02 Å². The predicted octanol–water partition coefficient (Wildman–Crippen LogP) is 3.92. The van der Waals surface area contributed by atoms with E-state index in [4.69, 9.17) is 25.5 Å². The minimum Gasteiger partial charge on any atom is -0.493 e. The number of hydrogen-bond acceptors (Lipinski definition) is 5. The Bertz CT molecular complexity index is 878. The van der Waals surface area contributed by atoms with Gasteiger partial charge in [-0.15, -0.1) is 0 Å². The summed E-state index contributed by atoms with van der Waals surface area (Å²) in [4.78, 5) is 4.61. The highest BCUT2D eigenvalue weighted by molar-refractivity contribution is 6.32. The topological polar surface area (TPSA) is 88.3 Å². The van der Waals surface area contributed by atoms with E-state index < -0.39 is 5.60 Å². The number of nitrogens with zero attached hydrogens (tertiary/aromatic N) is 1. The quantitative estimate of drug-likeness (QED) is 0.407. The number of aryl methyl sites for hydroxylation is 2. The minimum atomic E-state index is -1.11. The van der Waals surface area contributed by atoms with Gasteiger partial charge in [-0.1, -0.05) is 11.6 Å². The largest absolute Gasteiger partial charge is 0.493 e. The lowest BCUT2D eigenvalue weighted by Gasteiger charge is -2.24. The number of halogens is 1. The Morgan fingerprint density at radius 1 is 1.23 bits per heavy atom. The summed E-state index contributed by atoms with van der Waals surface area (Å²) in [5, 5.41) is 17.8. The lowest BCUT2D eigenvalue weighted by molar-refractivity contribution is 0.0601. The predicted molar refractivity (Wildman–Crippen MR) is 120 cm³/mol. The number of nitrogens with one attached hydrogen (secondary N) is 2. The van der Waals surface area contributed by atoms with Gasteiger partial charge < -0.3 is 29.6 Å². The van der Waals surface area contributed by atoms with Gasteiger partial charge in [-0.05, 0) is 58.4 Å². The summed E-state index contributed by atoms with van der Waals surface area (Å²) < 4.78 is 16.5. The maximum atomic E-state index is 10.9. The molecule has 0 amide bonds. The zero-order valence-corrected chi connectivity index (χ0v) is 19.3. The molecule has 1 aromatic carbocycles. The first-order valence-corrected chi connectivity index (χ1v) is 10.4. The number of aliphatic hydroxyl groups is 1. The summed E-state index contributed by atoms with van der Waals surface area (Å²) in [6, 6.07) is 5.53. The Kier molecular flexibility index (Phi) is 8.43. The molecular weight excluding hydrogens is 406 g/mol. The number of furan rings is 1. The van der Waals surface area contributed by atoms with E-state index in [9.17, 15) is 5.11 Å². The van der Waals surface area contributed by atoms with Gasteiger partial charge >= 0.3 is 0 Å². The molecule has 0 fully saturated rings. The van der Waals surface area contributed by atoms with E-state index in [2.05, 4.69) is 15.6 Å². The molecule has 8 heteroatoms. The van der Waals surface area contributed by atoms with Gasteiger partial charge in [0.1, 0.15) is 17.1 Å². The molecule has 1 heterocycles. The molecule has 7 nitrogen and oxygen atoms in total. The molecule has 2 aromatic rings.